The lowest BCUT2D eigenvalue weighted by Crippen LogP contribution is -2.08. The molecule has 20 heavy (non-hydrogen) atoms. The Balaban J connectivity index is 2.12. The van der Waals surface area contributed by atoms with Gasteiger partial charge in [0.05, 0.1) is 18.7 Å². The molecule has 1 aromatic heterocycles. The Morgan fingerprint density at radius 3 is 2.75 bits per heavy atom. The van der Waals surface area contributed by atoms with Gasteiger partial charge in [-0.1, -0.05) is 12.1 Å². The van der Waals surface area contributed by atoms with Crippen LogP contribution in [0, 0.1) is 11.3 Å². The van der Waals surface area contributed by atoms with E-state index in [4.69, 9.17) is 10.00 Å². The van der Waals surface area contributed by atoms with Crippen molar-refractivity contribution in [3.8, 4) is 12.1 Å². The third-order valence-corrected chi connectivity index (χ3v) is 2.53. The van der Waals surface area contributed by atoms with Gasteiger partial charge < -0.3 is 15.4 Å². The van der Waals surface area contributed by atoms with Crippen LogP contribution in [0.4, 0.5) is 11.9 Å². The summed E-state index contributed by atoms with van der Waals surface area (Å²) in [5.74, 6) is 0.827. The maximum Gasteiger partial charge on any atom is 0.322 e. The predicted molar refractivity (Wildman–Crippen MR) is 74.4 cm³/mol. The molecule has 0 aliphatic rings. The van der Waals surface area contributed by atoms with Crippen molar-refractivity contribution < 1.29 is 4.74 Å². The molecule has 102 valence electrons. The zero-order chi connectivity index (χ0) is 14.4. The molecular formula is C13H14N6O. The Hall–Kier alpha value is -2.88. The summed E-state index contributed by atoms with van der Waals surface area (Å²) in [5, 5.41) is 14.8. The SMILES string of the molecule is CNc1nc(NCc2cccc(C#N)c2)nc(OC)n1. The highest BCUT2D eigenvalue weighted by Gasteiger charge is 2.05. The first-order valence-corrected chi connectivity index (χ1v) is 5.96. The fraction of sp³-hybridized carbons (Fsp3) is 0.231. The van der Waals surface area contributed by atoms with E-state index in [9.17, 15) is 0 Å². The molecule has 0 atom stereocenters. The van der Waals surface area contributed by atoms with Crippen molar-refractivity contribution in [1.82, 2.24) is 15.0 Å². The molecule has 0 saturated heterocycles. The van der Waals surface area contributed by atoms with Crippen LogP contribution in [0.25, 0.3) is 0 Å². The highest BCUT2D eigenvalue weighted by atomic mass is 16.5. The van der Waals surface area contributed by atoms with E-state index >= 15 is 0 Å². The molecule has 1 heterocycles. The molecule has 2 aromatic rings. The van der Waals surface area contributed by atoms with Crippen LogP contribution < -0.4 is 15.4 Å². The molecule has 0 bridgehead atoms. The standard InChI is InChI=1S/C13H14N6O/c1-15-11-17-12(19-13(18-11)20-2)16-8-10-5-3-4-9(6-10)7-14/h3-6H,8H2,1-2H3,(H2,15,16,17,18,19). The molecule has 0 amide bonds. The average Bonchev–Trinajstić information content (AvgIpc) is 2.52. The van der Waals surface area contributed by atoms with E-state index in [0.717, 1.165) is 5.56 Å². The quantitative estimate of drug-likeness (QED) is 0.847. The number of aromatic nitrogens is 3. The molecule has 2 rings (SSSR count). The number of hydrogen-bond acceptors (Lipinski definition) is 7. The van der Waals surface area contributed by atoms with E-state index in [1.807, 2.05) is 18.2 Å². The van der Waals surface area contributed by atoms with Gasteiger partial charge in [0.1, 0.15) is 0 Å². The molecular weight excluding hydrogens is 256 g/mol. The van der Waals surface area contributed by atoms with Crippen molar-refractivity contribution in [1.29, 1.82) is 5.26 Å². The van der Waals surface area contributed by atoms with Crippen molar-refractivity contribution in [3.05, 3.63) is 35.4 Å². The molecule has 2 N–H and O–H groups in total. The smallest absolute Gasteiger partial charge is 0.322 e. The summed E-state index contributed by atoms with van der Waals surface area (Å²) in [6.07, 6.45) is 0. The van der Waals surface area contributed by atoms with Gasteiger partial charge in [-0.2, -0.15) is 20.2 Å². The van der Waals surface area contributed by atoms with E-state index in [0.29, 0.717) is 24.0 Å². The van der Waals surface area contributed by atoms with E-state index in [1.54, 1.807) is 13.1 Å². The molecule has 1 aromatic carbocycles. The van der Waals surface area contributed by atoms with E-state index in [-0.39, 0.29) is 6.01 Å². The summed E-state index contributed by atoms with van der Waals surface area (Å²) >= 11 is 0. The Morgan fingerprint density at radius 2 is 2.05 bits per heavy atom. The van der Waals surface area contributed by atoms with Gasteiger partial charge in [0.2, 0.25) is 11.9 Å². The molecule has 0 fully saturated rings. The van der Waals surface area contributed by atoms with Crippen LogP contribution >= 0.6 is 0 Å². The number of nitrogens with one attached hydrogen (secondary N) is 2. The highest BCUT2D eigenvalue weighted by Crippen LogP contribution is 2.12. The monoisotopic (exact) mass is 270 g/mol. The predicted octanol–water partition coefficient (Wildman–Crippen LogP) is 1.41. The van der Waals surface area contributed by atoms with Crippen LogP contribution in [0.15, 0.2) is 24.3 Å². The van der Waals surface area contributed by atoms with E-state index in [1.165, 1.54) is 7.11 Å². The third kappa shape index (κ3) is 3.32. The minimum Gasteiger partial charge on any atom is -0.467 e. The summed E-state index contributed by atoms with van der Waals surface area (Å²) < 4.78 is 5.00. The molecule has 0 aliphatic carbocycles. The zero-order valence-electron chi connectivity index (χ0n) is 11.2. The molecule has 0 spiro atoms. The van der Waals surface area contributed by atoms with Crippen LogP contribution in [0.2, 0.25) is 0 Å². The topological polar surface area (TPSA) is 95.8 Å². The second-order valence-corrected chi connectivity index (χ2v) is 3.89. The lowest BCUT2D eigenvalue weighted by molar-refractivity contribution is 0.379. The van der Waals surface area contributed by atoms with Crippen molar-refractivity contribution in [2.24, 2.45) is 0 Å². The summed E-state index contributed by atoms with van der Waals surface area (Å²) in [7, 11) is 3.21. The highest BCUT2D eigenvalue weighted by molar-refractivity contribution is 5.38. The van der Waals surface area contributed by atoms with Crippen LogP contribution in [0.5, 0.6) is 6.01 Å². The number of methoxy groups -OCH3 is 1. The van der Waals surface area contributed by atoms with Gasteiger partial charge in [0.15, 0.2) is 0 Å². The number of nitrogens with zero attached hydrogens (tertiary/aromatic N) is 4. The lowest BCUT2D eigenvalue weighted by Gasteiger charge is -2.08. The van der Waals surface area contributed by atoms with Crippen molar-refractivity contribution in [3.63, 3.8) is 0 Å². The minimum absolute atomic E-state index is 0.234. The van der Waals surface area contributed by atoms with Crippen molar-refractivity contribution in [2.45, 2.75) is 6.54 Å². The van der Waals surface area contributed by atoms with Crippen LogP contribution in [0.1, 0.15) is 11.1 Å². The summed E-state index contributed by atoms with van der Waals surface area (Å²) in [5.41, 5.74) is 1.59. The van der Waals surface area contributed by atoms with Crippen LogP contribution in [-0.2, 0) is 6.54 Å². The van der Waals surface area contributed by atoms with Crippen molar-refractivity contribution >= 4 is 11.9 Å². The Morgan fingerprint density at radius 1 is 1.25 bits per heavy atom. The lowest BCUT2D eigenvalue weighted by atomic mass is 10.1. The maximum absolute atomic E-state index is 8.86. The van der Waals surface area contributed by atoms with Gasteiger partial charge >= 0.3 is 6.01 Å². The van der Waals surface area contributed by atoms with E-state index in [2.05, 4.69) is 31.7 Å². The minimum atomic E-state index is 0.234. The number of benzene rings is 1. The number of ether oxygens (including phenoxy) is 1. The van der Waals surface area contributed by atoms with Gasteiger partial charge in [-0.15, -0.1) is 0 Å². The van der Waals surface area contributed by atoms with Gasteiger partial charge in [-0.05, 0) is 17.7 Å². The first kappa shape index (κ1) is 13.5. The van der Waals surface area contributed by atoms with Crippen LogP contribution in [-0.4, -0.2) is 29.1 Å². The number of anilines is 2. The number of rotatable bonds is 5. The van der Waals surface area contributed by atoms with E-state index < -0.39 is 0 Å². The number of nitriles is 1. The normalized spacial score (nSPS) is 9.65. The molecule has 7 heteroatoms. The Labute approximate surface area is 116 Å². The Kier molecular flexibility index (Phi) is 4.29. The van der Waals surface area contributed by atoms with Gasteiger partial charge in [-0.3, -0.25) is 0 Å². The fourth-order valence-corrected chi connectivity index (χ4v) is 1.57. The second kappa shape index (κ2) is 6.33. The van der Waals surface area contributed by atoms with Gasteiger partial charge in [0.25, 0.3) is 0 Å². The fourth-order valence-electron chi connectivity index (χ4n) is 1.57. The molecule has 7 nitrogen and oxygen atoms in total. The molecule has 0 unspecified atom stereocenters. The third-order valence-electron chi connectivity index (χ3n) is 2.53. The maximum atomic E-state index is 8.86. The summed E-state index contributed by atoms with van der Waals surface area (Å²) in [4.78, 5) is 12.3. The Bertz CT molecular complexity index is 615. The summed E-state index contributed by atoms with van der Waals surface area (Å²) in [6, 6.07) is 9.66. The number of hydrogen-bond donors (Lipinski definition) is 2. The average molecular weight is 270 g/mol. The van der Waals surface area contributed by atoms with Gasteiger partial charge in [0, 0.05) is 13.6 Å². The largest absolute Gasteiger partial charge is 0.467 e. The first-order valence-electron chi connectivity index (χ1n) is 5.96. The van der Waals surface area contributed by atoms with Crippen LogP contribution in [0.3, 0.4) is 0 Å². The molecule has 0 aliphatic heterocycles. The van der Waals surface area contributed by atoms with Crippen molar-refractivity contribution in [2.75, 3.05) is 24.8 Å². The first-order chi connectivity index (χ1) is 9.75. The van der Waals surface area contributed by atoms with Gasteiger partial charge in [-0.25, -0.2) is 0 Å². The summed E-state index contributed by atoms with van der Waals surface area (Å²) in [6.45, 7) is 0.506. The second-order valence-electron chi connectivity index (χ2n) is 3.89. The zero-order valence-corrected chi connectivity index (χ0v) is 11.2. The molecule has 0 saturated carbocycles. The molecule has 0 radical (unpaired) electrons.